The first-order valence-electron chi connectivity index (χ1n) is 9.08. The first kappa shape index (κ1) is 19.2. The molecule has 2 aromatic rings. The van der Waals surface area contributed by atoms with Gasteiger partial charge in [0.1, 0.15) is 0 Å². The lowest BCUT2D eigenvalue weighted by atomic mass is 10.1. The van der Waals surface area contributed by atoms with Crippen molar-refractivity contribution in [1.82, 2.24) is 24.9 Å². The molecule has 0 aromatic carbocycles. The average Bonchev–Trinajstić information content (AvgIpc) is 3.03. The minimum absolute atomic E-state index is 0.233. The number of nitrogens with one attached hydrogen (secondary N) is 1. The van der Waals surface area contributed by atoms with E-state index in [-0.39, 0.29) is 11.2 Å². The van der Waals surface area contributed by atoms with Gasteiger partial charge in [0.15, 0.2) is 5.75 Å². The predicted molar refractivity (Wildman–Crippen MR) is 97.3 cm³/mol. The van der Waals surface area contributed by atoms with Crippen LogP contribution in [0.3, 0.4) is 0 Å². The van der Waals surface area contributed by atoms with Gasteiger partial charge in [0.05, 0.1) is 5.69 Å². The van der Waals surface area contributed by atoms with Crippen LogP contribution in [0.4, 0.5) is 0 Å². The normalized spacial score (nSPS) is 11.1. The summed E-state index contributed by atoms with van der Waals surface area (Å²) < 4.78 is 3.63. The molecule has 0 aliphatic rings. The molecule has 0 saturated heterocycles. The lowest BCUT2D eigenvalue weighted by molar-refractivity contribution is 0.461. The number of aromatic nitrogens is 4. The van der Waals surface area contributed by atoms with Crippen molar-refractivity contribution in [2.75, 3.05) is 0 Å². The Kier molecular flexibility index (Phi) is 7.66. The second-order valence-corrected chi connectivity index (χ2v) is 6.47. The van der Waals surface area contributed by atoms with Crippen LogP contribution in [0.5, 0.6) is 5.75 Å². The summed E-state index contributed by atoms with van der Waals surface area (Å²) in [5.74, 6) is -0.233. The van der Waals surface area contributed by atoms with E-state index in [9.17, 15) is 9.90 Å². The van der Waals surface area contributed by atoms with Crippen molar-refractivity contribution in [3.63, 3.8) is 0 Å². The molecule has 0 unspecified atom stereocenters. The quantitative estimate of drug-likeness (QED) is 0.610. The highest BCUT2D eigenvalue weighted by Gasteiger charge is 2.04. The summed E-state index contributed by atoms with van der Waals surface area (Å²) in [7, 11) is 1.80. The Morgan fingerprint density at radius 1 is 1.12 bits per heavy atom. The van der Waals surface area contributed by atoms with E-state index in [0.29, 0.717) is 13.1 Å². The summed E-state index contributed by atoms with van der Waals surface area (Å²) in [5, 5.41) is 21.0. The van der Waals surface area contributed by atoms with E-state index in [2.05, 4.69) is 22.6 Å². The Bertz CT molecular complexity index is 708. The predicted octanol–water partition coefficient (Wildman–Crippen LogP) is 2.33. The van der Waals surface area contributed by atoms with Crippen LogP contribution in [0.15, 0.2) is 23.3 Å². The zero-order valence-electron chi connectivity index (χ0n) is 15.2. The van der Waals surface area contributed by atoms with Crippen molar-refractivity contribution < 1.29 is 5.11 Å². The molecule has 25 heavy (non-hydrogen) atoms. The molecule has 2 N–H and O–H groups in total. The second-order valence-electron chi connectivity index (χ2n) is 6.47. The Labute approximate surface area is 148 Å². The molecule has 0 spiro atoms. The van der Waals surface area contributed by atoms with Crippen molar-refractivity contribution in [1.29, 1.82) is 0 Å². The maximum absolute atomic E-state index is 11.5. The van der Waals surface area contributed by atoms with Gasteiger partial charge in [-0.15, -0.1) is 5.10 Å². The molecular weight excluding hydrogens is 318 g/mol. The molecule has 0 bridgehead atoms. The van der Waals surface area contributed by atoms with Crippen molar-refractivity contribution in [3.05, 3.63) is 40.1 Å². The average molecular weight is 347 g/mol. The Balaban J connectivity index is 1.71. The number of aromatic hydroxyl groups is 1. The maximum atomic E-state index is 11.5. The van der Waals surface area contributed by atoms with Crippen molar-refractivity contribution in [2.45, 2.75) is 65.1 Å². The first-order chi connectivity index (χ1) is 12.1. The van der Waals surface area contributed by atoms with Gasteiger partial charge in [-0.1, -0.05) is 44.2 Å². The van der Waals surface area contributed by atoms with Gasteiger partial charge in [0.2, 0.25) is 5.43 Å². The minimum Gasteiger partial charge on any atom is -0.503 e. The fraction of sp³-hybridized carbons (Fsp3) is 0.611. The van der Waals surface area contributed by atoms with Crippen LogP contribution >= 0.6 is 0 Å². The third-order valence-corrected chi connectivity index (χ3v) is 4.26. The smallest absolute Gasteiger partial charge is 0.223 e. The largest absolute Gasteiger partial charge is 0.503 e. The highest BCUT2D eigenvalue weighted by molar-refractivity contribution is 5.20. The van der Waals surface area contributed by atoms with Gasteiger partial charge < -0.3 is 15.0 Å². The van der Waals surface area contributed by atoms with E-state index in [0.717, 1.165) is 24.4 Å². The summed E-state index contributed by atoms with van der Waals surface area (Å²) in [6.45, 7) is 4.25. The lowest BCUT2D eigenvalue weighted by Crippen LogP contribution is -2.18. The molecular formula is C18H29N5O2. The Morgan fingerprint density at radius 2 is 1.88 bits per heavy atom. The minimum atomic E-state index is -0.361. The summed E-state index contributed by atoms with van der Waals surface area (Å²) in [4.78, 5) is 11.5. The molecule has 138 valence electrons. The van der Waals surface area contributed by atoms with Crippen molar-refractivity contribution in [2.24, 2.45) is 7.05 Å². The van der Waals surface area contributed by atoms with Gasteiger partial charge in [-0.25, -0.2) is 0 Å². The maximum Gasteiger partial charge on any atom is 0.223 e. The Morgan fingerprint density at radius 3 is 2.68 bits per heavy atom. The molecule has 0 aliphatic heterocycles. The summed E-state index contributed by atoms with van der Waals surface area (Å²) in [6.07, 6.45) is 11.0. The molecule has 0 fully saturated rings. The molecule has 0 radical (unpaired) electrons. The molecule has 2 aromatic heterocycles. The first-order valence-corrected chi connectivity index (χ1v) is 9.08. The van der Waals surface area contributed by atoms with Crippen LogP contribution < -0.4 is 10.7 Å². The molecule has 0 aliphatic carbocycles. The summed E-state index contributed by atoms with van der Waals surface area (Å²) in [5.41, 5.74) is 1.33. The van der Waals surface area contributed by atoms with Crippen LogP contribution in [0.2, 0.25) is 0 Å². The van der Waals surface area contributed by atoms with Gasteiger partial charge in [-0.2, -0.15) is 0 Å². The molecule has 7 nitrogen and oxygen atoms in total. The van der Waals surface area contributed by atoms with Crippen LogP contribution in [0.1, 0.15) is 56.8 Å². The molecule has 2 rings (SSSR count). The van der Waals surface area contributed by atoms with Gasteiger partial charge in [-0.3, -0.25) is 9.48 Å². The highest BCUT2D eigenvalue weighted by Crippen LogP contribution is 2.06. The van der Waals surface area contributed by atoms with E-state index in [1.54, 1.807) is 11.6 Å². The van der Waals surface area contributed by atoms with Crippen LogP contribution in [-0.2, 0) is 26.7 Å². The zero-order valence-corrected chi connectivity index (χ0v) is 15.2. The van der Waals surface area contributed by atoms with E-state index in [1.165, 1.54) is 44.4 Å². The molecule has 7 heteroatoms. The fourth-order valence-corrected chi connectivity index (χ4v) is 2.73. The monoisotopic (exact) mass is 347 g/mol. The topological polar surface area (TPSA) is 85.0 Å². The lowest BCUT2D eigenvalue weighted by Gasteiger charge is -2.09. The number of unbranched alkanes of at least 4 members (excludes halogenated alkanes) is 5. The van der Waals surface area contributed by atoms with Crippen molar-refractivity contribution in [3.8, 4) is 5.75 Å². The summed E-state index contributed by atoms with van der Waals surface area (Å²) in [6, 6.07) is 1.44. The SMILES string of the molecule is CCCCCCCCn1cc(CNCc2cc(=O)c(O)cn2C)nn1. The number of nitrogens with zero attached hydrogens (tertiary/aromatic N) is 4. The van der Waals surface area contributed by atoms with Gasteiger partial charge >= 0.3 is 0 Å². The number of hydrogen-bond donors (Lipinski definition) is 2. The molecule has 0 amide bonds. The zero-order chi connectivity index (χ0) is 18.1. The molecule has 0 atom stereocenters. The number of hydrogen-bond acceptors (Lipinski definition) is 5. The van der Waals surface area contributed by atoms with E-state index in [1.807, 2.05) is 10.9 Å². The van der Waals surface area contributed by atoms with Gasteiger partial charge in [0, 0.05) is 50.8 Å². The number of rotatable bonds is 11. The van der Waals surface area contributed by atoms with Crippen LogP contribution in [-0.4, -0.2) is 24.7 Å². The van der Waals surface area contributed by atoms with E-state index < -0.39 is 0 Å². The fourth-order valence-electron chi connectivity index (χ4n) is 2.73. The third-order valence-electron chi connectivity index (χ3n) is 4.26. The summed E-state index contributed by atoms with van der Waals surface area (Å²) >= 11 is 0. The van der Waals surface area contributed by atoms with Crippen LogP contribution in [0, 0.1) is 0 Å². The highest BCUT2D eigenvalue weighted by atomic mass is 16.3. The number of pyridine rings is 1. The number of aryl methyl sites for hydroxylation is 2. The van der Waals surface area contributed by atoms with E-state index >= 15 is 0 Å². The molecule has 0 saturated carbocycles. The Hall–Kier alpha value is -2.15. The van der Waals surface area contributed by atoms with Gasteiger partial charge in [0.25, 0.3) is 0 Å². The third kappa shape index (κ3) is 6.34. The standard InChI is InChI=1S/C18H29N5O2/c1-3-4-5-6-7-8-9-23-13-15(20-21-23)11-19-12-16-10-17(24)18(25)14-22(16)2/h10,13-14,19,25H,3-9,11-12H2,1-2H3. The van der Waals surface area contributed by atoms with E-state index in [4.69, 9.17) is 0 Å². The van der Waals surface area contributed by atoms with Gasteiger partial charge in [-0.05, 0) is 6.42 Å². The molecule has 2 heterocycles. The van der Waals surface area contributed by atoms with Crippen LogP contribution in [0.25, 0.3) is 0 Å². The second kappa shape index (κ2) is 9.98. The van der Waals surface area contributed by atoms with Crippen molar-refractivity contribution >= 4 is 0 Å².